The van der Waals surface area contributed by atoms with Crippen LogP contribution in [0.1, 0.15) is 38.8 Å². The molecule has 1 aliphatic rings. The minimum atomic E-state index is -0.482. The first-order chi connectivity index (χ1) is 8.80. The van der Waals surface area contributed by atoms with Gasteiger partial charge in [-0.1, -0.05) is 12.1 Å². The van der Waals surface area contributed by atoms with Crippen LogP contribution in [-0.2, 0) is 15.9 Å². The fraction of sp³-hybridized carbons (Fsp3) is 0.500. The van der Waals surface area contributed by atoms with Gasteiger partial charge in [0.25, 0.3) is 0 Å². The molecule has 1 saturated heterocycles. The molecular weight excluding hydrogens is 241 g/mol. The Balaban J connectivity index is 2.33. The van der Waals surface area contributed by atoms with Crippen molar-refractivity contribution in [2.45, 2.75) is 45.5 Å². The first kappa shape index (κ1) is 14.1. The molecule has 0 saturated carbocycles. The van der Waals surface area contributed by atoms with E-state index in [1.165, 1.54) is 0 Å². The molecule has 0 spiro atoms. The maximum Gasteiger partial charge on any atom is 0.494 e. The molecule has 2 rings (SSSR count). The van der Waals surface area contributed by atoms with Crippen molar-refractivity contribution >= 4 is 12.6 Å². The third-order valence-electron chi connectivity index (χ3n) is 3.95. The number of aliphatic hydroxyl groups excluding tert-OH is 1. The van der Waals surface area contributed by atoms with Crippen LogP contribution in [0.3, 0.4) is 0 Å². The monoisotopic (exact) mass is 259 g/mol. The van der Waals surface area contributed by atoms with E-state index in [4.69, 9.17) is 19.7 Å². The van der Waals surface area contributed by atoms with Gasteiger partial charge in [0, 0.05) is 0 Å². The summed E-state index contributed by atoms with van der Waals surface area (Å²) in [6.45, 7) is 7.80. The van der Waals surface area contributed by atoms with Gasteiger partial charge < -0.3 is 14.4 Å². The average molecular weight is 259 g/mol. The molecule has 0 unspecified atom stereocenters. The summed E-state index contributed by atoms with van der Waals surface area (Å²) in [5, 5.41) is 18.2. The minimum absolute atomic E-state index is 0.146. The van der Waals surface area contributed by atoms with Crippen LogP contribution >= 0.6 is 0 Å². The van der Waals surface area contributed by atoms with Gasteiger partial charge in [-0.3, -0.25) is 0 Å². The van der Waals surface area contributed by atoms with Gasteiger partial charge in [0.15, 0.2) is 0 Å². The predicted molar refractivity (Wildman–Crippen MR) is 72.8 cm³/mol. The molecule has 1 heterocycles. The predicted octanol–water partition coefficient (Wildman–Crippen LogP) is 1.35. The molecule has 19 heavy (non-hydrogen) atoms. The lowest BCUT2D eigenvalue weighted by atomic mass is 9.78. The van der Waals surface area contributed by atoms with Gasteiger partial charge in [-0.15, -0.1) is 0 Å². The van der Waals surface area contributed by atoms with Gasteiger partial charge in [0.05, 0.1) is 29.4 Å². The molecular formula is C14H18BNO3. The third kappa shape index (κ3) is 2.39. The van der Waals surface area contributed by atoms with E-state index < -0.39 is 18.3 Å². The quantitative estimate of drug-likeness (QED) is 0.814. The molecule has 4 nitrogen and oxygen atoms in total. The summed E-state index contributed by atoms with van der Waals surface area (Å²) in [4.78, 5) is 0. The molecule has 0 atom stereocenters. The molecule has 0 aliphatic carbocycles. The summed E-state index contributed by atoms with van der Waals surface area (Å²) < 4.78 is 11.9. The molecule has 1 aromatic rings. The number of aliphatic hydroxyl groups is 1. The lowest BCUT2D eigenvalue weighted by Gasteiger charge is -2.32. The highest BCUT2D eigenvalue weighted by Gasteiger charge is 2.51. The van der Waals surface area contributed by atoms with Gasteiger partial charge in [-0.05, 0) is 44.8 Å². The highest BCUT2D eigenvalue weighted by Crippen LogP contribution is 2.36. The lowest BCUT2D eigenvalue weighted by molar-refractivity contribution is 0.00578. The Kier molecular flexibility index (Phi) is 3.44. The maximum absolute atomic E-state index is 9.16. The zero-order valence-corrected chi connectivity index (χ0v) is 11.7. The number of hydrogen-bond acceptors (Lipinski definition) is 4. The highest BCUT2D eigenvalue weighted by molar-refractivity contribution is 6.62. The first-order valence-corrected chi connectivity index (χ1v) is 6.30. The molecule has 0 radical (unpaired) electrons. The summed E-state index contributed by atoms with van der Waals surface area (Å²) >= 11 is 0. The highest BCUT2D eigenvalue weighted by atomic mass is 16.7. The number of hydrogen-bond donors (Lipinski definition) is 1. The van der Waals surface area contributed by atoms with Crippen LogP contribution in [-0.4, -0.2) is 23.4 Å². The van der Waals surface area contributed by atoms with Crippen LogP contribution in [0, 0.1) is 11.3 Å². The molecule has 1 aromatic carbocycles. The SMILES string of the molecule is CC1(C)OB(c2ccc(CO)c(C#N)c2)OC1(C)C. The van der Waals surface area contributed by atoms with E-state index in [1.54, 1.807) is 12.1 Å². The summed E-state index contributed by atoms with van der Waals surface area (Å²) in [5.74, 6) is 0. The van der Waals surface area contributed by atoms with E-state index in [-0.39, 0.29) is 6.61 Å². The Labute approximate surface area is 114 Å². The van der Waals surface area contributed by atoms with Crippen molar-refractivity contribution in [2.24, 2.45) is 0 Å². The molecule has 1 N–H and O–H groups in total. The summed E-state index contributed by atoms with van der Waals surface area (Å²) in [7, 11) is -0.482. The first-order valence-electron chi connectivity index (χ1n) is 6.30. The van der Waals surface area contributed by atoms with Crippen molar-refractivity contribution in [3.8, 4) is 6.07 Å². The largest absolute Gasteiger partial charge is 0.494 e. The molecule has 0 amide bonds. The Morgan fingerprint density at radius 1 is 1.21 bits per heavy atom. The number of nitriles is 1. The minimum Gasteiger partial charge on any atom is -0.399 e. The average Bonchev–Trinajstić information content (AvgIpc) is 2.57. The van der Waals surface area contributed by atoms with Crippen molar-refractivity contribution in [2.75, 3.05) is 0 Å². The van der Waals surface area contributed by atoms with Crippen molar-refractivity contribution < 1.29 is 14.4 Å². The summed E-state index contributed by atoms with van der Waals surface area (Å²) in [6, 6.07) is 7.36. The zero-order valence-electron chi connectivity index (χ0n) is 11.7. The van der Waals surface area contributed by atoms with E-state index in [9.17, 15) is 0 Å². The van der Waals surface area contributed by atoms with Gasteiger partial charge in [-0.2, -0.15) is 5.26 Å². The van der Waals surface area contributed by atoms with Crippen LogP contribution < -0.4 is 5.46 Å². The number of benzene rings is 1. The fourth-order valence-corrected chi connectivity index (χ4v) is 1.96. The topological polar surface area (TPSA) is 62.5 Å². The molecule has 5 heteroatoms. The maximum atomic E-state index is 9.16. The molecule has 0 bridgehead atoms. The normalized spacial score (nSPS) is 20.3. The van der Waals surface area contributed by atoms with Gasteiger partial charge in [0.2, 0.25) is 0 Å². The lowest BCUT2D eigenvalue weighted by Crippen LogP contribution is -2.41. The van der Waals surface area contributed by atoms with Crippen LogP contribution in [0.25, 0.3) is 0 Å². The summed E-state index contributed by atoms with van der Waals surface area (Å²) in [5.41, 5.74) is 1.06. The van der Waals surface area contributed by atoms with Gasteiger partial charge in [0.1, 0.15) is 0 Å². The second kappa shape index (κ2) is 4.64. The van der Waals surface area contributed by atoms with E-state index in [0.717, 1.165) is 5.46 Å². The number of rotatable bonds is 2. The van der Waals surface area contributed by atoms with E-state index in [1.807, 2.05) is 33.8 Å². The van der Waals surface area contributed by atoms with Crippen LogP contribution in [0.2, 0.25) is 0 Å². The van der Waals surface area contributed by atoms with E-state index in [0.29, 0.717) is 11.1 Å². The van der Waals surface area contributed by atoms with Crippen molar-refractivity contribution in [3.05, 3.63) is 29.3 Å². The van der Waals surface area contributed by atoms with Gasteiger partial charge >= 0.3 is 7.12 Å². The molecule has 1 aliphatic heterocycles. The fourth-order valence-electron chi connectivity index (χ4n) is 1.96. The van der Waals surface area contributed by atoms with Crippen molar-refractivity contribution in [1.29, 1.82) is 5.26 Å². The third-order valence-corrected chi connectivity index (χ3v) is 3.95. The van der Waals surface area contributed by atoms with E-state index in [2.05, 4.69) is 6.07 Å². The van der Waals surface area contributed by atoms with Gasteiger partial charge in [-0.25, -0.2) is 0 Å². The standard InChI is InChI=1S/C14H18BNO3/c1-13(2)14(3,4)19-15(18-13)12-6-5-10(9-17)11(7-12)8-16/h5-7,17H,9H2,1-4H3. The smallest absolute Gasteiger partial charge is 0.399 e. The summed E-state index contributed by atoms with van der Waals surface area (Å²) in [6.07, 6.45) is 0. The molecule has 0 aromatic heterocycles. The Morgan fingerprint density at radius 3 is 2.26 bits per heavy atom. The van der Waals surface area contributed by atoms with Crippen molar-refractivity contribution in [1.82, 2.24) is 0 Å². The van der Waals surface area contributed by atoms with Crippen LogP contribution in [0.5, 0.6) is 0 Å². The Bertz CT molecular complexity index is 518. The Morgan fingerprint density at radius 2 is 1.79 bits per heavy atom. The number of nitrogens with zero attached hydrogens (tertiary/aromatic N) is 1. The van der Waals surface area contributed by atoms with Crippen LogP contribution in [0.15, 0.2) is 18.2 Å². The zero-order chi connectivity index (χ0) is 14.3. The Hall–Kier alpha value is -1.35. The second-order valence-corrected chi connectivity index (χ2v) is 5.77. The van der Waals surface area contributed by atoms with E-state index >= 15 is 0 Å². The van der Waals surface area contributed by atoms with Crippen molar-refractivity contribution in [3.63, 3.8) is 0 Å². The second-order valence-electron chi connectivity index (χ2n) is 5.77. The van der Waals surface area contributed by atoms with Crippen LogP contribution in [0.4, 0.5) is 0 Å². The molecule has 100 valence electrons. The molecule has 1 fully saturated rings.